The molecule has 0 aliphatic rings. The summed E-state index contributed by atoms with van der Waals surface area (Å²) >= 11 is 11.7. The second-order valence-electron chi connectivity index (χ2n) is 5.60. The zero-order chi connectivity index (χ0) is 20.5. The monoisotopic (exact) mass is 424 g/mol. The van der Waals surface area contributed by atoms with Crippen molar-refractivity contribution in [2.75, 3.05) is 6.54 Å². The summed E-state index contributed by atoms with van der Waals surface area (Å²) in [5, 5.41) is 10.7. The van der Waals surface area contributed by atoms with E-state index in [4.69, 9.17) is 54.0 Å². The zero-order valence-electron chi connectivity index (χ0n) is 14.7. The highest BCUT2D eigenvalue weighted by molar-refractivity contribution is 6.41. The molecule has 11 heteroatoms. The Morgan fingerprint density at radius 2 is 1.50 bits per heavy atom. The fourth-order valence-corrected chi connectivity index (χ4v) is 2.24. The van der Waals surface area contributed by atoms with Crippen LogP contribution in [0.15, 0.2) is 48.5 Å². The SMILES string of the molecule is N=C(N)NCCC(N)C(=O)OB(Oc1ccc(Cl)cc1)Oc1ccc(Cl)cc1. The molecule has 28 heavy (non-hydrogen) atoms. The smallest absolute Gasteiger partial charge is 0.490 e. The third kappa shape index (κ3) is 7.55. The Kier molecular flexibility index (Phi) is 8.25. The Morgan fingerprint density at radius 1 is 1.04 bits per heavy atom. The number of guanidine groups is 1. The topological polar surface area (TPSA) is 133 Å². The van der Waals surface area contributed by atoms with Gasteiger partial charge in [0, 0.05) is 16.6 Å². The minimum atomic E-state index is -1.39. The molecule has 0 bridgehead atoms. The molecule has 1 atom stereocenters. The number of hydrogen-bond acceptors (Lipinski definition) is 6. The lowest BCUT2D eigenvalue weighted by molar-refractivity contribution is -0.138. The quantitative estimate of drug-likeness (QED) is 0.275. The van der Waals surface area contributed by atoms with E-state index in [0.717, 1.165) is 0 Å². The summed E-state index contributed by atoms with van der Waals surface area (Å²) in [6.45, 7) is 0.242. The van der Waals surface area contributed by atoms with Gasteiger partial charge in [-0.3, -0.25) is 10.2 Å². The van der Waals surface area contributed by atoms with Crippen molar-refractivity contribution in [1.82, 2.24) is 5.32 Å². The molecule has 1 unspecified atom stereocenters. The number of carbonyl (C=O) groups is 1. The van der Waals surface area contributed by atoms with Gasteiger partial charge in [0.25, 0.3) is 0 Å². The Morgan fingerprint density at radius 3 is 1.93 bits per heavy atom. The lowest BCUT2D eigenvalue weighted by Crippen LogP contribution is -2.44. The molecule has 6 N–H and O–H groups in total. The van der Waals surface area contributed by atoms with Crippen LogP contribution in [0, 0.1) is 5.41 Å². The number of nitrogens with two attached hydrogens (primary N) is 2. The maximum absolute atomic E-state index is 12.3. The molecule has 2 aromatic rings. The summed E-state index contributed by atoms with van der Waals surface area (Å²) in [4.78, 5) is 12.3. The van der Waals surface area contributed by atoms with E-state index >= 15 is 0 Å². The van der Waals surface area contributed by atoms with E-state index in [2.05, 4.69) is 5.32 Å². The van der Waals surface area contributed by atoms with Gasteiger partial charge in [-0.05, 0) is 55.0 Å². The van der Waals surface area contributed by atoms with Crippen LogP contribution in [0.25, 0.3) is 0 Å². The third-order valence-corrected chi connectivity index (χ3v) is 3.88. The lowest BCUT2D eigenvalue weighted by Gasteiger charge is -2.18. The van der Waals surface area contributed by atoms with Gasteiger partial charge in [-0.2, -0.15) is 0 Å². The number of carbonyl (C=O) groups excluding carboxylic acids is 1. The van der Waals surface area contributed by atoms with E-state index in [0.29, 0.717) is 21.5 Å². The average Bonchev–Trinajstić information content (AvgIpc) is 2.65. The Balaban J connectivity index is 2.03. The van der Waals surface area contributed by atoms with E-state index in [1.807, 2.05) is 0 Å². The van der Waals surface area contributed by atoms with Gasteiger partial charge >= 0.3 is 13.3 Å². The third-order valence-electron chi connectivity index (χ3n) is 3.38. The normalized spacial score (nSPS) is 11.2. The molecule has 0 spiro atoms. The average molecular weight is 425 g/mol. The molecule has 8 nitrogen and oxygen atoms in total. The van der Waals surface area contributed by atoms with Crippen molar-refractivity contribution >= 4 is 42.5 Å². The number of nitrogens with one attached hydrogen (secondary N) is 2. The molecule has 0 amide bonds. The predicted octanol–water partition coefficient (Wildman–Crippen LogP) is 2.18. The molecule has 0 heterocycles. The minimum absolute atomic E-state index is 0.201. The first-order valence-corrected chi connectivity index (χ1v) is 8.97. The Hall–Kier alpha value is -2.62. The van der Waals surface area contributed by atoms with Crippen molar-refractivity contribution < 1.29 is 18.8 Å². The fraction of sp³-hybridized carbons (Fsp3) is 0.176. The summed E-state index contributed by atoms with van der Waals surface area (Å²) in [7, 11) is -1.39. The van der Waals surface area contributed by atoms with Gasteiger partial charge in [-0.25, -0.2) is 0 Å². The molecule has 0 aromatic heterocycles. The van der Waals surface area contributed by atoms with Crippen LogP contribution in [0.1, 0.15) is 6.42 Å². The molecule has 148 valence electrons. The van der Waals surface area contributed by atoms with Crippen LogP contribution in [0.4, 0.5) is 0 Å². The second-order valence-corrected chi connectivity index (χ2v) is 6.48. The van der Waals surface area contributed by atoms with Crippen LogP contribution in [-0.2, 0) is 9.45 Å². The largest absolute Gasteiger partial charge is 0.866 e. The Bertz CT molecular complexity index is 745. The highest BCUT2D eigenvalue weighted by atomic mass is 35.5. The fourth-order valence-electron chi connectivity index (χ4n) is 1.98. The van der Waals surface area contributed by atoms with Gasteiger partial charge in [0.05, 0.1) is 0 Å². The predicted molar refractivity (Wildman–Crippen MR) is 109 cm³/mol. The highest BCUT2D eigenvalue weighted by Crippen LogP contribution is 2.20. The molecule has 0 saturated heterocycles. The highest BCUT2D eigenvalue weighted by Gasteiger charge is 2.34. The van der Waals surface area contributed by atoms with Crippen molar-refractivity contribution in [3.05, 3.63) is 58.6 Å². The molecule has 2 aromatic carbocycles. The van der Waals surface area contributed by atoms with E-state index < -0.39 is 19.3 Å². The van der Waals surface area contributed by atoms with Crippen LogP contribution in [0.2, 0.25) is 10.0 Å². The number of benzene rings is 2. The van der Waals surface area contributed by atoms with Gasteiger partial charge in [0.15, 0.2) is 5.96 Å². The van der Waals surface area contributed by atoms with E-state index in [1.54, 1.807) is 48.5 Å². The first-order chi connectivity index (χ1) is 13.3. The van der Waals surface area contributed by atoms with E-state index in [9.17, 15) is 4.79 Å². The molecule has 0 aliphatic carbocycles. The van der Waals surface area contributed by atoms with Gasteiger partial charge in [0.2, 0.25) is 0 Å². The van der Waals surface area contributed by atoms with E-state index in [1.165, 1.54) is 0 Å². The first kappa shape index (κ1) is 21.7. The van der Waals surface area contributed by atoms with Crippen molar-refractivity contribution in [3.8, 4) is 11.5 Å². The zero-order valence-corrected chi connectivity index (χ0v) is 16.2. The van der Waals surface area contributed by atoms with Crippen LogP contribution >= 0.6 is 23.2 Å². The van der Waals surface area contributed by atoms with Crippen LogP contribution < -0.4 is 26.1 Å². The number of halogens is 2. The van der Waals surface area contributed by atoms with Crippen molar-refractivity contribution in [2.24, 2.45) is 11.5 Å². The summed E-state index contributed by atoms with van der Waals surface area (Å²) in [5.41, 5.74) is 11.0. The molecule has 0 saturated carbocycles. The first-order valence-electron chi connectivity index (χ1n) is 8.22. The summed E-state index contributed by atoms with van der Waals surface area (Å²) in [5.74, 6) is -0.195. The number of hydrogen-bond donors (Lipinski definition) is 4. The van der Waals surface area contributed by atoms with Crippen molar-refractivity contribution in [1.29, 1.82) is 5.41 Å². The maximum Gasteiger partial charge on any atom is 0.866 e. The van der Waals surface area contributed by atoms with E-state index in [-0.39, 0.29) is 18.9 Å². The summed E-state index contributed by atoms with van der Waals surface area (Å²) < 4.78 is 16.4. The summed E-state index contributed by atoms with van der Waals surface area (Å²) in [6, 6.07) is 11.9. The molecular formula is C17H19BCl2N4O4. The van der Waals surface area contributed by atoms with Gasteiger partial charge in [-0.1, -0.05) is 23.2 Å². The molecule has 0 fully saturated rings. The van der Waals surface area contributed by atoms with Crippen molar-refractivity contribution in [2.45, 2.75) is 12.5 Å². The van der Waals surface area contributed by atoms with Crippen LogP contribution in [-0.4, -0.2) is 31.8 Å². The van der Waals surface area contributed by atoms with Crippen LogP contribution in [0.3, 0.4) is 0 Å². The molecule has 0 aliphatic heterocycles. The summed E-state index contributed by atoms with van der Waals surface area (Å²) in [6.07, 6.45) is 0.201. The van der Waals surface area contributed by atoms with Gasteiger partial charge in [-0.15, -0.1) is 0 Å². The van der Waals surface area contributed by atoms with Crippen LogP contribution in [0.5, 0.6) is 11.5 Å². The standard InChI is InChI=1S/C17H19BCl2N4O4/c19-11-1-5-13(6-2-11)26-18(27-14-7-3-12(20)4-8-14)28-16(25)15(21)9-10-24-17(22)23/h1-8,15H,9-10,21H2,(H4,22,23,24). The molecule has 0 radical (unpaired) electrons. The molecular weight excluding hydrogens is 406 g/mol. The maximum atomic E-state index is 12.3. The van der Waals surface area contributed by atoms with Gasteiger partial charge < -0.3 is 30.7 Å². The van der Waals surface area contributed by atoms with Gasteiger partial charge in [0.1, 0.15) is 17.5 Å². The number of rotatable bonds is 9. The lowest BCUT2D eigenvalue weighted by atomic mass is 10.1. The second kappa shape index (κ2) is 10.7. The Labute approximate surface area is 172 Å². The molecule has 2 rings (SSSR count). The van der Waals surface area contributed by atoms with Crippen molar-refractivity contribution in [3.63, 3.8) is 0 Å². The minimum Gasteiger partial charge on any atom is -0.490 e.